The predicted molar refractivity (Wildman–Crippen MR) is 121 cm³/mol. The van der Waals surface area contributed by atoms with Crippen LogP contribution in [0.15, 0.2) is 43.0 Å². The lowest BCUT2D eigenvalue weighted by atomic mass is 9.96. The number of aromatic nitrogens is 4. The van der Waals surface area contributed by atoms with Gasteiger partial charge in [-0.3, -0.25) is 4.98 Å². The normalized spacial score (nSPS) is 15.8. The lowest BCUT2D eigenvalue weighted by molar-refractivity contribution is 0.0667. The molecule has 1 N–H and O–H groups in total. The zero-order valence-corrected chi connectivity index (χ0v) is 18.6. The molecule has 3 aromatic heterocycles. The van der Waals surface area contributed by atoms with Crippen molar-refractivity contribution in [3.63, 3.8) is 0 Å². The predicted octanol–water partition coefficient (Wildman–Crippen LogP) is 4.99. The van der Waals surface area contributed by atoms with Gasteiger partial charge in [-0.1, -0.05) is 17.7 Å². The Kier molecular flexibility index (Phi) is 6.10. The number of ether oxygens (including phenoxy) is 1. The van der Waals surface area contributed by atoms with Gasteiger partial charge in [-0.2, -0.15) is 0 Å². The number of halogens is 2. The molecule has 1 aliphatic rings. The summed E-state index contributed by atoms with van der Waals surface area (Å²) in [5, 5.41) is 10.9. The van der Waals surface area contributed by atoms with Crippen molar-refractivity contribution in [2.45, 2.75) is 25.4 Å². The number of nitrogens with zero attached hydrogens (tertiary/aromatic N) is 4. The molecule has 9 heteroatoms. The van der Waals surface area contributed by atoms with E-state index in [4.69, 9.17) is 16.3 Å². The van der Waals surface area contributed by atoms with E-state index < -0.39 is 11.9 Å². The fourth-order valence-electron chi connectivity index (χ4n) is 4.00. The molecule has 0 aliphatic carbocycles. The van der Waals surface area contributed by atoms with Crippen molar-refractivity contribution < 1.29 is 14.2 Å². The van der Waals surface area contributed by atoms with E-state index >= 15 is 0 Å². The van der Waals surface area contributed by atoms with Crippen molar-refractivity contribution in [3.05, 3.63) is 70.1 Å². The van der Waals surface area contributed by atoms with Crippen molar-refractivity contribution in [3.8, 4) is 11.3 Å². The number of rotatable bonds is 5. The van der Waals surface area contributed by atoms with Crippen LogP contribution in [0.4, 0.5) is 4.39 Å². The summed E-state index contributed by atoms with van der Waals surface area (Å²) in [6.07, 6.45) is 6.26. The SMILES string of the molecule is OC(c1ccc(F)c(-c2ncnc3cc(CC4CCOCC4)sc23)c1)c1nccnc1Cl. The second-order valence-corrected chi connectivity index (χ2v) is 9.28. The molecule has 6 nitrogen and oxygen atoms in total. The summed E-state index contributed by atoms with van der Waals surface area (Å²) in [4.78, 5) is 18.1. The summed E-state index contributed by atoms with van der Waals surface area (Å²) < 4.78 is 21.2. The molecule has 0 spiro atoms. The van der Waals surface area contributed by atoms with Gasteiger partial charge in [0, 0.05) is 36.0 Å². The Morgan fingerprint density at radius 1 is 1.12 bits per heavy atom. The van der Waals surface area contributed by atoms with Crippen LogP contribution in [0.5, 0.6) is 0 Å². The average Bonchev–Trinajstić information content (AvgIpc) is 3.22. The van der Waals surface area contributed by atoms with Crippen molar-refractivity contribution in [1.82, 2.24) is 19.9 Å². The van der Waals surface area contributed by atoms with Gasteiger partial charge in [0.25, 0.3) is 0 Å². The van der Waals surface area contributed by atoms with Crippen LogP contribution in [-0.2, 0) is 11.2 Å². The second-order valence-electron chi connectivity index (χ2n) is 7.78. The van der Waals surface area contributed by atoms with Gasteiger partial charge < -0.3 is 9.84 Å². The van der Waals surface area contributed by atoms with Crippen LogP contribution >= 0.6 is 22.9 Å². The molecule has 4 aromatic rings. The van der Waals surface area contributed by atoms with Crippen LogP contribution in [0, 0.1) is 11.7 Å². The first-order valence-electron chi connectivity index (χ1n) is 10.4. The molecule has 164 valence electrons. The minimum atomic E-state index is -1.14. The van der Waals surface area contributed by atoms with E-state index in [1.165, 1.54) is 35.7 Å². The fourth-order valence-corrected chi connectivity index (χ4v) is 5.43. The van der Waals surface area contributed by atoms with E-state index in [0.29, 0.717) is 22.7 Å². The Hall–Kier alpha value is -2.52. The first kappa shape index (κ1) is 21.3. The van der Waals surface area contributed by atoms with Crippen molar-refractivity contribution in [1.29, 1.82) is 0 Å². The summed E-state index contributed by atoms with van der Waals surface area (Å²) in [6, 6.07) is 6.49. The first-order chi connectivity index (χ1) is 15.6. The van der Waals surface area contributed by atoms with E-state index in [2.05, 4.69) is 26.0 Å². The summed E-state index contributed by atoms with van der Waals surface area (Å²) in [7, 11) is 0. The molecule has 1 aromatic carbocycles. The first-order valence-corrected chi connectivity index (χ1v) is 11.5. The van der Waals surface area contributed by atoms with Crippen LogP contribution < -0.4 is 0 Å². The summed E-state index contributed by atoms with van der Waals surface area (Å²) in [6.45, 7) is 1.60. The highest BCUT2D eigenvalue weighted by Gasteiger charge is 2.21. The maximum absolute atomic E-state index is 14.9. The molecule has 32 heavy (non-hydrogen) atoms. The third-order valence-corrected chi connectivity index (χ3v) is 7.14. The minimum absolute atomic E-state index is 0.103. The standard InChI is InChI=1S/C23H20ClFN4O2S/c24-23-20(26-5-6-27-23)21(30)14-1-2-17(25)16(10-14)19-22-18(28-12-29-19)11-15(32-22)9-13-3-7-31-8-4-13/h1-2,5-6,10-13,21,30H,3-4,7-9H2. The zero-order valence-electron chi connectivity index (χ0n) is 17.0. The average molecular weight is 471 g/mol. The molecular weight excluding hydrogens is 451 g/mol. The van der Waals surface area contributed by atoms with Gasteiger partial charge in [-0.25, -0.2) is 19.3 Å². The van der Waals surface area contributed by atoms with E-state index in [1.807, 2.05) is 0 Å². The van der Waals surface area contributed by atoms with Crippen LogP contribution in [0.1, 0.15) is 35.1 Å². The van der Waals surface area contributed by atoms with Crippen molar-refractivity contribution in [2.75, 3.05) is 13.2 Å². The largest absolute Gasteiger partial charge is 0.382 e. The number of hydrogen-bond donors (Lipinski definition) is 1. The van der Waals surface area contributed by atoms with Gasteiger partial charge >= 0.3 is 0 Å². The molecule has 0 amide bonds. The van der Waals surface area contributed by atoms with Crippen molar-refractivity contribution >= 4 is 33.2 Å². The Labute approximate surface area is 193 Å². The molecule has 1 unspecified atom stereocenters. The van der Waals surface area contributed by atoms with Crippen LogP contribution in [0.3, 0.4) is 0 Å². The van der Waals surface area contributed by atoms with E-state index in [0.717, 1.165) is 42.7 Å². The highest BCUT2D eigenvalue weighted by Crippen LogP contribution is 2.37. The smallest absolute Gasteiger partial charge is 0.153 e. The Morgan fingerprint density at radius 3 is 2.75 bits per heavy atom. The van der Waals surface area contributed by atoms with Gasteiger partial charge in [-0.15, -0.1) is 11.3 Å². The molecular formula is C23H20ClFN4O2S. The maximum Gasteiger partial charge on any atom is 0.153 e. The molecule has 0 radical (unpaired) electrons. The Balaban J connectivity index is 1.52. The molecule has 5 rings (SSSR count). The van der Waals surface area contributed by atoms with Gasteiger partial charge in [0.2, 0.25) is 0 Å². The molecule has 1 atom stereocenters. The lowest BCUT2D eigenvalue weighted by Gasteiger charge is -2.21. The number of aliphatic hydroxyl groups excluding tert-OH is 1. The molecule has 4 heterocycles. The second kappa shape index (κ2) is 9.15. The third-order valence-electron chi connectivity index (χ3n) is 5.69. The maximum atomic E-state index is 14.9. The van der Waals surface area contributed by atoms with Crippen molar-refractivity contribution in [2.24, 2.45) is 5.92 Å². The van der Waals surface area contributed by atoms with Crippen LogP contribution in [0.25, 0.3) is 21.5 Å². The van der Waals surface area contributed by atoms with Gasteiger partial charge in [0.1, 0.15) is 23.9 Å². The van der Waals surface area contributed by atoms with Gasteiger partial charge in [-0.05, 0) is 48.9 Å². The number of fused-ring (bicyclic) bond motifs is 1. The lowest BCUT2D eigenvalue weighted by Crippen LogP contribution is -2.17. The summed E-state index contributed by atoms with van der Waals surface area (Å²) >= 11 is 7.68. The summed E-state index contributed by atoms with van der Waals surface area (Å²) in [5.74, 6) is 0.158. The van der Waals surface area contributed by atoms with Crippen LogP contribution in [0.2, 0.25) is 5.15 Å². The molecule has 0 bridgehead atoms. The van der Waals surface area contributed by atoms with E-state index in [1.54, 1.807) is 17.4 Å². The number of thiophene rings is 1. The highest BCUT2D eigenvalue weighted by atomic mass is 35.5. The zero-order chi connectivity index (χ0) is 22.1. The van der Waals surface area contributed by atoms with E-state index in [-0.39, 0.29) is 10.8 Å². The number of benzene rings is 1. The topological polar surface area (TPSA) is 81.0 Å². The molecule has 1 aliphatic heterocycles. The van der Waals surface area contributed by atoms with Crippen LogP contribution in [-0.4, -0.2) is 38.3 Å². The third kappa shape index (κ3) is 4.23. The quantitative estimate of drug-likeness (QED) is 0.442. The Bertz CT molecular complexity index is 1260. The monoisotopic (exact) mass is 470 g/mol. The summed E-state index contributed by atoms with van der Waals surface area (Å²) in [5.41, 5.74) is 2.27. The molecule has 1 fully saturated rings. The fraction of sp³-hybridized carbons (Fsp3) is 0.304. The Morgan fingerprint density at radius 2 is 1.94 bits per heavy atom. The van der Waals surface area contributed by atoms with Gasteiger partial charge in [0.15, 0.2) is 5.15 Å². The minimum Gasteiger partial charge on any atom is -0.382 e. The van der Waals surface area contributed by atoms with Gasteiger partial charge in [0.05, 0.1) is 15.9 Å². The number of hydrogen-bond acceptors (Lipinski definition) is 7. The highest BCUT2D eigenvalue weighted by molar-refractivity contribution is 7.19. The molecule has 1 saturated heterocycles. The molecule has 0 saturated carbocycles. The van der Waals surface area contributed by atoms with E-state index in [9.17, 15) is 9.50 Å². The number of aliphatic hydroxyl groups is 1.